The third-order valence-corrected chi connectivity index (χ3v) is 3.23. The zero-order valence-corrected chi connectivity index (χ0v) is 13.4. The lowest BCUT2D eigenvalue weighted by atomic mass is 9.94. The molecule has 0 amide bonds. The van der Waals surface area contributed by atoms with Crippen molar-refractivity contribution in [1.82, 2.24) is 0 Å². The van der Waals surface area contributed by atoms with E-state index in [4.69, 9.17) is 14.6 Å². The van der Waals surface area contributed by atoms with Crippen LogP contribution in [-0.2, 0) is 9.53 Å². The van der Waals surface area contributed by atoms with Crippen LogP contribution in [0.1, 0.15) is 25.0 Å². The van der Waals surface area contributed by atoms with Crippen LogP contribution in [-0.4, -0.2) is 36.0 Å². The molecule has 126 valence electrons. The lowest BCUT2D eigenvalue weighted by Crippen LogP contribution is -2.09. The molecule has 0 saturated carbocycles. The molecule has 0 radical (unpaired) electrons. The van der Waals surface area contributed by atoms with Gasteiger partial charge in [0.2, 0.25) is 0 Å². The Bertz CT molecular complexity index is 507. The van der Waals surface area contributed by atoms with Crippen molar-refractivity contribution in [2.75, 3.05) is 19.8 Å². The summed E-state index contributed by atoms with van der Waals surface area (Å²) in [6.45, 7) is 5.76. The molecule has 1 rings (SSSR count). The summed E-state index contributed by atoms with van der Waals surface area (Å²) in [6, 6.07) is 7.08. The molecule has 5 heteroatoms. The fourth-order valence-corrected chi connectivity index (χ4v) is 1.95. The first-order valence-electron chi connectivity index (χ1n) is 7.54. The van der Waals surface area contributed by atoms with Crippen molar-refractivity contribution in [3.63, 3.8) is 0 Å². The number of carbonyl (C=O) groups is 1. The minimum absolute atomic E-state index is 0.0387. The highest BCUT2D eigenvalue weighted by Crippen LogP contribution is 2.26. The van der Waals surface area contributed by atoms with E-state index in [1.807, 2.05) is 6.92 Å². The summed E-state index contributed by atoms with van der Waals surface area (Å²) >= 11 is 0. The molecular weight excluding hydrogens is 296 g/mol. The maximum atomic E-state index is 11.3. The molecule has 2 N–H and O–H groups in total. The van der Waals surface area contributed by atoms with E-state index in [0.29, 0.717) is 12.2 Å². The van der Waals surface area contributed by atoms with Crippen molar-refractivity contribution >= 4 is 5.97 Å². The normalized spacial score (nSPS) is 13.5. The molecule has 0 aliphatic carbocycles. The lowest BCUT2D eigenvalue weighted by Gasteiger charge is -2.18. The standard InChI is InChI=1S/C18H24O5/c1-3-12-23-17(20)6-4-5-14(2)18(21)15-7-9-16(10-8-15)22-13-11-19/h3-4,6-10,14,18-19,21H,1,5,11-13H2,2H3/b6-4+/t14-,18-/m1/s1. The Morgan fingerprint density at radius 1 is 1.35 bits per heavy atom. The van der Waals surface area contributed by atoms with Gasteiger partial charge in [0, 0.05) is 6.08 Å². The van der Waals surface area contributed by atoms with Gasteiger partial charge in [0.25, 0.3) is 0 Å². The Morgan fingerprint density at radius 2 is 2.04 bits per heavy atom. The van der Waals surface area contributed by atoms with E-state index in [1.165, 1.54) is 12.2 Å². The van der Waals surface area contributed by atoms with Gasteiger partial charge in [-0.3, -0.25) is 0 Å². The zero-order valence-electron chi connectivity index (χ0n) is 13.4. The first kappa shape index (κ1) is 18.9. The van der Waals surface area contributed by atoms with Crippen LogP contribution >= 0.6 is 0 Å². The van der Waals surface area contributed by atoms with Crippen molar-refractivity contribution in [3.8, 4) is 5.75 Å². The second-order valence-corrected chi connectivity index (χ2v) is 5.12. The second-order valence-electron chi connectivity index (χ2n) is 5.12. The van der Waals surface area contributed by atoms with Crippen molar-refractivity contribution in [3.05, 3.63) is 54.6 Å². The molecule has 1 aromatic carbocycles. The number of aliphatic hydroxyl groups excluding tert-OH is 2. The molecular formula is C18H24O5. The quantitative estimate of drug-likeness (QED) is 0.393. The van der Waals surface area contributed by atoms with Crippen LogP contribution in [0.15, 0.2) is 49.1 Å². The molecule has 5 nitrogen and oxygen atoms in total. The Labute approximate surface area is 136 Å². The van der Waals surface area contributed by atoms with Crippen LogP contribution in [0.5, 0.6) is 5.75 Å². The Hall–Kier alpha value is -2.11. The number of rotatable bonds is 10. The van der Waals surface area contributed by atoms with E-state index in [2.05, 4.69) is 6.58 Å². The number of ether oxygens (including phenoxy) is 2. The minimum Gasteiger partial charge on any atom is -0.491 e. The molecule has 0 saturated heterocycles. The average molecular weight is 320 g/mol. The summed E-state index contributed by atoms with van der Waals surface area (Å²) < 4.78 is 10.1. The molecule has 0 aromatic heterocycles. The summed E-state index contributed by atoms with van der Waals surface area (Å²) in [5, 5.41) is 19.0. The number of hydrogen-bond acceptors (Lipinski definition) is 5. The molecule has 2 atom stereocenters. The minimum atomic E-state index is -0.643. The fraction of sp³-hybridized carbons (Fsp3) is 0.389. The SMILES string of the molecule is C=CCOC(=O)/C=C/C[C@@H](C)[C@@H](O)c1ccc(OCCO)cc1. The molecule has 0 aliphatic rings. The van der Waals surface area contributed by atoms with E-state index in [-0.39, 0.29) is 25.7 Å². The van der Waals surface area contributed by atoms with Crippen LogP contribution in [0.25, 0.3) is 0 Å². The van der Waals surface area contributed by atoms with E-state index in [0.717, 1.165) is 5.56 Å². The van der Waals surface area contributed by atoms with Crippen LogP contribution in [0.3, 0.4) is 0 Å². The summed E-state index contributed by atoms with van der Waals surface area (Å²) in [5.74, 6) is 0.173. The van der Waals surface area contributed by atoms with Gasteiger partial charge >= 0.3 is 5.97 Å². The van der Waals surface area contributed by atoms with Gasteiger partial charge in [-0.2, -0.15) is 0 Å². The summed E-state index contributed by atoms with van der Waals surface area (Å²) in [5.41, 5.74) is 0.775. The van der Waals surface area contributed by atoms with Crippen LogP contribution < -0.4 is 4.74 Å². The Kier molecular flexibility index (Phi) is 8.72. The number of benzene rings is 1. The third kappa shape index (κ3) is 7.13. The van der Waals surface area contributed by atoms with Gasteiger partial charge in [-0.15, -0.1) is 0 Å². The number of esters is 1. The van der Waals surface area contributed by atoms with E-state index in [9.17, 15) is 9.90 Å². The topological polar surface area (TPSA) is 76.0 Å². The highest BCUT2D eigenvalue weighted by molar-refractivity contribution is 5.81. The van der Waals surface area contributed by atoms with Crippen LogP contribution in [0.4, 0.5) is 0 Å². The molecule has 0 fully saturated rings. The molecule has 0 spiro atoms. The van der Waals surface area contributed by atoms with Gasteiger partial charge < -0.3 is 19.7 Å². The van der Waals surface area contributed by atoms with Crippen molar-refractivity contribution in [2.24, 2.45) is 5.92 Å². The first-order chi connectivity index (χ1) is 11.1. The summed E-state index contributed by atoms with van der Waals surface area (Å²) in [7, 11) is 0. The third-order valence-electron chi connectivity index (χ3n) is 3.23. The predicted molar refractivity (Wildman–Crippen MR) is 88.1 cm³/mol. The van der Waals surface area contributed by atoms with E-state index in [1.54, 1.807) is 30.3 Å². The van der Waals surface area contributed by atoms with Gasteiger partial charge in [-0.25, -0.2) is 4.79 Å². The van der Waals surface area contributed by atoms with Crippen LogP contribution in [0.2, 0.25) is 0 Å². The van der Waals surface area contributed by atoms with Gasteiger partial charge in [-0.1, -0.05) is 37.8 Å². The lowest BCUT2D eigenvalue weighted by molar-refractivity contribution is -0.136. The molecule has 0 unspecified atom stereocenters. The Balaban J connectivity index is 2.49. The molecule has 1 aromatic rings. The molecule has 0 aliphatic heterocycles. The smallest absolute Gasteiger partial charge is 0.330 e. The van der Waals surface area contributed by atoms with Crippen molar-refractivity contribution in [2.45, 2.75) is 19.4 Å². The van der Waals surface area contributed by atoms with Gasteiger partial charge in [0.05, 0.1) is 12.7 Å². The van der Waals surface area contributed by atoms with Crippen molar-refractivity contribution < 1.29 is 24.5 Å². The van der Waals surface area contributed by atoms with E-state index >= 15 is 0 Å². The van der Waals surface area contributed by atoms with Crippen molar-refractivity contribution in [1.29, 1.82) is 0 Å². The van der Waals surface area contributed by atoms with E-state index < -0.39 is 12.1 Å². The number of hydrogen-bond donors (Lipinski definition) is 2. The maximum absolute atomic E-state index is 11.3. The van der Waals surface area contributed by atoms with Crippen LogP contribution in [0, 0.1) is 5.92 Å². The Morgan fingerprint density at radius 3 is 2.65 bits per heavy atom. The fourth-order valence-electron chi connectivity index (χ4n) is 1.95. The number of allylic oxidation sites excluding steroid dienone is 1. The number of aliphatic hydroxyl groups is 2. The molecule has 0 heterocycles. The highest BCUT2D eigenvalue weighted by atomic mass is 16.5. The number of carbonyl (C=O) groups excluding carboxylic acids is 1. The first-order valence-corrected chi connectivity index (χ1v) is 7.54. The molecule has 0 bridgehead atoms. The van der Waals surface area contributed by atoms with Gasteiger partial charge in [0.1, 0.15) is 19.0 Å². The highest BCUT2D eigenvalue weighted by Gasteiger charge is 2.15. The maximum Gasteiger partial charge on any atom is 0.330 e. The average Bonchev–Trinajstić information content (AvgIpc) is 2.57. The molecule has 23 heavy (non-hydrogen) atoms. The largest absolute Gasteiger partial charge is 0.491 e. The summed E-state index contributed by atoms with van der Waals surface area (Å²) in [6.07, 6.45) is 4.46. The van der Waals surface area contributed by atoms with Gasteiger partial charge in [0.15, 0.2) is 0 Å². The van der Waals surface area contributed by atoms with Gasteiger partial charge in [-0.05, 0) is 30.0 Å². The predicted octanol–water partition coefficient (Wildman–Crippen LogP) is 2.40. The second kappa shape index (κ2) is 10.6. The zero-order chi connectivity index (χ0) is 17.1. The monoisotopic (exact) mass is 320 g/mol. The summed E-state index contributed by atoms with van der Waals surface area (Å²) in [4.78, 5) is 11.3.